The van der Waals surface area contributed by atoms with E-state index in [4.69, 9.17) is 14.2 Å². The molecule has 5 heterocycles. The Hall–Kier alpha value is -2.93. The van der Waals surface area contributed by atoms with Crippen LogP contribution >= 0.6 is 31.9 Å². The summed E-state index contributed by atoms with van der Waals surface area (Å²) in [5, 5.41) is 1.77. The number of benzene rings is 1. The molecule has 1 fully saturated rings. The normalized spacial score (nSPS) is 12.9. The van der Waals surface area contributed by atoms with E-state index in [2.05, 4.69) is 46.8 Å². The van der Waals surface area contributed by atoms with Crippen molar-refractivity contribution in [2.75, 3.05) is 27.4 Å². The summed E-state index contributed by atoms with van der Waals surface area (Å²) in [6, 6.07) is 13.9. The van der Waals surface area contributed by atoms with E-state index in [-0.39, 0.29) is 4.90 Å². The number of nitrogens with one attached hydrogen (secondary N) is 1. The number of H-pyrrole nitrogens is 1. The lowest BCUT2D eigenvalue weighted by Gasteiger charge is -2.08. The minimum absolute atomic E-state index is 0.219. The number of halogens is 2. The Kier molecular flexibility index (Phi) is 9.65. The van der Waals surface area contributed by atoms with Crippen molar-refractivity contribution < 1.29 is 22.6 Å². The molecule has 1 aliphatic rings. The number of aryl methyl sites for hydroxylation is 1. The third-order valence-corrected chi connectivity index (χ3v) is 8.82. The van der Waals surface area contributed by atoms with Crippen molar-refractivity contribution in [1.29, 1.82) is 0 Å². The maximum Gasteiger partial charge on any atom is 0.269 e. The number of methoxy groups -OCH3 is 2. The first-order valence-corrected chi connectivity index (χ1v) is 15.1. The zero-order chi connectivity index (χ0) is 28.0. The van der Waals surface area contributed by atoms with Crippen LogP contribution < -0.4 is 9.47 Å². The van der Waals surface area contributed by atoms with Crippen molar-refractivity contribution >= 4 is 63.9 Å². The summed E-state index contributed by atoms with van der Waals surface area (Å²) in [5.74, 6) is 0.954. The molecule has 0 atom stereocenters. The van der Waals surface area contributed by atoms with Crippen LogP contribution in [0.1, 0.15) is 18.4 Å². The fourth-order valence-electron chi connectivity index (χ4n) is 3.74. The highest BCUT2D eigenvalue weighted by atomic mass is 79.9. The molecule has 4 aromatic heterocycles. The Morgan fingerprint density at radius 3 is 2.10 bits per heavy atom. The predicted octanol–water partition coefficient (Wildman–Crippen LogP) is 6.48. The first-order chi connectivity index (χ1) is 18.7. The van der Waals surface area contributed by atoms with Gasteiger partial charge in [-0.25, -0.2) is 12.4 Å². The molecule has 5 aromatic rings. The smallest absolute Gasteiger partial charge is 0.269 e. The van der Waals surface area contributed by atoms with Crippen LogP contribution in [0, 0.1) is 6.92 Å². The average Bonchev–Trinajstić information content (AvgIpc) is 3.72. The number of aromatic nitrogens is 4. The van der Waals surface area contributed by atoms with Crippen LogP contribution in [0.2, 0.25) is 0 Å². The van der Waals surface area contributed by atoms with Crippen molar-refractivity contribution in [2.24, 2.45) is 0 Å². The number of hydrogen-bond acceptors (Lipinski definition) is 7. The molecule has 1 saturated heterocycles. The molecule has 0 bridgehead atoms. The third kappa shape index (κ3) is 6.81. The SMILES string of the molecule is C1CCOC1.COc1cc(Br)c2cc[nH]c2n1.COc1cc(Br)c2ccn(S(=O)(=O)c3ccc(C)cc3)c2n1. The molecule has 6 rings (SSSR count). The van der Waals surface area contributed by atoms with Gasteiger partial charge in [-0.05, 0) is 75.9 Å². The summed E-state index contributed by atoms with van der Waals surface area (Å²) in [7, 11) is -0.614. The third-order valence-electron chi connectivity index (χ3n) is 5.83. The Morgan fingerprint density at radius 1 is 0.897 bits per heavy atom. The van der Waals surface area contributed by atoms with Crippen LogP contribution in [0.4, 0.5) is 0 Å². The van der Waals surface area contributed by atoms with Gasteiger partial charge in [0.2, 0.25) is 11.8 Å². The van der Waals surface area contributed by atoms with Crippen LogP contribution in [0.5, 0.6) is 11.8 Å². The number of ether oxygens (including phenoxy) is 3. The Morgan fingerprint density at radius 2 is 1.51 bits per heavy atom. The summed E-state index contributed by atoms with van der Waals surface area (Å²) in [6.07, 6.45) is 5.90. The lowest BCUT2D eigenvalue weighted by molar-refractivity contribution is 0.198. The molecular weight excluding hydrogens is 652 g/mol. The van der Waals surface area contributed by atoms with Crippen molar-refractivity contribution in [3.8, 4) is 11.8 Å². The van der Waals surface area contributed by atoms with E-state index in [0.29, 0.717) is 22.8 Å². The highest BCUT2D eigenvalue weighted by molar-refractivity contribution is 9.11. The predicted molar refractivity (Wildman–Crippen MR) is 158 cm³/mol. The lowest BCUT2D eigenvalue weighted by Crippen LogP contribution is -2.12. The van der Waals surface area contributed by atoms with Gasteiger partial charge in [-0.1, -0.05) is 17.7 Å². The molecule has 1 aromatic carbocycles. The molecule has 39 heavy (non-hydrogen) atoms. The van der Waals surface area contributed by atoms with Crippen LogP contribution in [0.3, 0.4) is 0 Å². The number of fused-ring (bicyclic) bond motifs is 2. The molecule has 0 radical (unpaired) electrons. The minimum atomic E-state index is -3.70. The fourth-order valence-corrected chi connectivity index (χ4v) is 6.05. The molecule has 206 valence electrons. The van der Waals surface area contributed by atoms with Gasteiger partial charge < -0.3 is 19.2 Å². The largest absolute Gasteiger partial charge is 0.481 e. The lowest BCUT2D eigenvalue weighted by atomic mass is 10.2. The maximum atomic E-state index is 12.8. The van der Waals surface area contributed by atoms with Gasteiger partial charge in [0.15, 0.2) is 5.65 Å². The van der Waals surface area contributed by atoms with Gasteiger partial charge in [-0.2, -0.15) is 9.97 Å². The molecule has 0 spiro atoms. The second-order valence-electron chi connectivity index (χ2n) is 8.52. The van der Waals surface area contributed by atoms with E-state index in [1.165, 1.54) is 30.1 Å². The summed E-state index contributed by atoms with van der Waals surface area (Å²) in [4.78, 5) is 11.7. The molecule has 1 aliphatic heterocycles. The zero-order valence-electron chi connectivity index (χ0n) is 21.6. The van der Waals surface area contributed by atoms with E-state index in [1.54, 1.807) is 43.5 Å². The highest BCUT2D eigenvalue weighted by Crippen LogP contribution is 2.30. The number of aromatic amines is 1. The molecule has 1 N–H and O–H groups in total. The van der Waals surface area contributed by atoms with Gasteiger partial charge in [-0.15, -0.1) is 0 Å². The number of hydrogen-bond donors (Lipinski definition) is 1. The number of rotatable bonds is 4. The summed E-state index contributed by atoms with van der Waals surface area (Å²) in [5.41, 5.74) is 2.16. The van der Waals surface area contributed by atoms with Gasteiger partial charge in [0.05, 0.1) is 19.1 Å². The molecular formula is C27H28Br2N4O5S. The Balaban J connectivity index is 0.000000171. The Bertz CT molecular complexity index is 1660. The molecule has 0 aliphatic carbocycles. The first kappa shape index (κ1) is 29.1. The number of nitrogens with zero attached hydrogens (tertiary/aromatic N) is 3. The molecule has 0 unspecified atom stereocenters. The van der Waals surface area contributed by atoms with E-state index in [9.17, 15) is 8.42 Å². The van der Waals surface area contributed by atoms with Crippen molar-refractivity contribution in [3.63, 3.8) is 0 Å². The summed E-state index contributed by atoms with van der Waals surface area (Å²) < 4.78 is 43.6. The van der Waals surface area contributed by atoms with E-state index in [0.717, 1.165) is 38.8 Å². The van der Waals surface area contributed by atoms with Gasteiger partial charge in [0, 0.05) is 57.5 Å². The van der Waals surface area contributed by atoms with Crippen LogP contribution in [-0.2, 0) is 14.8 Å². The average molecular weight is 680 g/mol. The molecule has 0 amide bonds. The quantitative estimate of drug-likeness (QED) is 0.232. The maximum absolute atomic E-state index is 12.8. The van der Waals surface area contributed by atoms with E-state index < -0.39 is 10.0 Å². The first-order valence-electron chi connectivity index (χ1n) is 12.0. The topological polar surface area (TPSA) is 108 Å². The van der Waals surface area contributed by atoms with Gasteiger partial charge in [-0.3, -0.25) is 0 Å². The van der Waals surface area contributed by atoms with Crippen molar-refractivity contribution in [1.82, 2.24) is 18.9 Å². The second-order valence-corrected chi connectivity index (χ2v) is 12.0. The van der Waals surface area contributed by atoms with Gasteiger partial charge in [0.1, 0.15) is 5.65 Å². The van der Waals surface area contributed by atoms with Crippen molar-refractivity contribution in [2.45, 2.75) is 24.7 Å². The van der Waals surface area contributed by atoms with Crippen LogP contribution in [0.15, 0.2) is 74.8 Å². The van der Waals surface area contributed by atoms with Gasteiger partial charge in [0.25, 0.3) is 10.0 Å². The molecule has 0 saturated carbocycles. The number of pyridine rings is 2. The summed E-state index contributed by atoms with van der Waals surface area (Å²) in [6.45, 7) is 3.91. The Labute approximate surface area is 243 Å². The van der Waals surface area contributed by atoms with Crippen LogP contribution in [0.25, 0.3) is 22.1 Å². The van der Waals surface area contributed by atoms with Crippen molar-refractivity contribution in [3.05, 3.63) is 75.4 Å². The second kappa shape index (κ2) is 12.9. The monoisotopic (exact) mass is 678 g/mol. The molecule has 12 heteroatoms. The van der Waals surface area contributed by atoms with E-state index >= 15 is 0 Å². The van der Waals surface area contributed by atoms with Gasteiger partial charge >= 0.3 is 0 Å². The summed E-state index contributed by atoms with van der Waals surface area (Å²) >= 11 is 6.83. The van der Waals surface area contributed by atoms with E-state index in [1.807, 2.05) is 25.3 Å². The zero-order valence-corrected chi connectivity index (χ0v) is 25.6. The molecule has 9 nitrogen and oxygen atoms in total. The highest BCUT2D eigenvalue weighted by Gasteiger charge is 2.21. The van der Waals surface area contributed by atoms with Crippen LogP contribution in [-0.4, -0.2) is 54.8 Å². The fraction of sp³-hybridized carbons (Fsp3) is 0.259. The standard InChI is InChI=1S/C15H13BrN2O3S.C8H7BrN2O.C4H8O/c1-10-3-5-11(6-4-10)22(19,20)18-8-7-12-13(16)9-14(21-2)17-15(12)18;1-12-7-4-6(9)5-2-3-10-8(5)11-7;1-2-4-5-3-1/h3-9H,1-2H3;2-4H,1H3,(H,10,11);1-4H2. The minimum Gasteiger partial charge on any atom is -0.481 e.